The molecule has 0 spiro atoms. The maximum absolute atomic E-state index is 12.7. The van der Waals surface area contributed by atoms with Gasteiger partial charge in [-0.05, 0) is 18.6 Å². The Morgan fingerprint density at radius 2 is 2.29 bits per heavy atom. The zero-order valence-corrected chi connectivity index (χ0v) is 14.2. The van der Waals surface area contributed by atoms with E-state index in [9.17, 15) is 9.59 Å². The van der Waals surface area contributed by atoms with E-state index in [4.69, 9.17) is 9.15 Å². The third kappa shape index (κ3) is 2.44. The van der Waals surface area contributed by atoms with Crippen molar-refractivity contribution in [2.24, 2.45) is 17.3 Å². The molecule has 1 aromatic rings. The average Bonchev–Trinajstić information content (AvgIpc) is 3.26. The summed E-state index contributed by atoms with van der Waals surface area (Å²) in [5.74, 6) is 0.899. The van der Waals surface area contributed by atoms with E-state index in [1.54, 1.807) is 17.2 Å². The number of nitrogens with one attached hydrogen (secondary N) is 1. The Labute approximate surface area is 141 Å². The van der Waals surface area contributed by atoms with Crippen LogP contribution in [0.25, 0.3) is 0 Å². The van der Waals surface area contributed by atoms with Crippen LogP contribution in [0.1, 0.15) is 32.4 Å². The first-order valence-electron chi connectivity index (χ1n) is 8.69. The van der Waals surface area contributed by atoms with E-state index in [0.717, 1.165) is 18.8 Å². The van der Waals surface area contributed by atoms with Crippen molar-refractivity contribution < 1.29 is 18.7 Å². The lowest BCUT2D eigenvalue weighted by atomic mass is 9.57. The molecule has 0 radical (unpaired) electrons. The highest BCUT2D eigenvalue weighted by Gasteiger charge is 2.60. The molecule has 2 saturated heterocycles. The topological polar surface area (TPSA) is 71.8 Å². The Hall–Kier alpha value is -1.82. The number of hydrogen-bond acceptors (Lipinski definition) is 4. The molecular weight excluding hydrogens is 308 g/mol. The third-order valence-electron chi connectivity index (χ3n) is 5.91. The molecule has 4 atom stereocenters. The van der Waals surface area contributed by atoms with Crippen molar-refractivity contribution in [1.82, 2.24) is 10.2 Å². The SMILES string of the molecule is CC1(C)[C@H](NC(=O)[C@@H]2CC(=O)N(Cc3ccco3)C2)[C@H]2CCO[C@@H]21. The van der Waals surface area contributed by atoms with Gasteiger partial charge < -0.3 is 19.4 Å². The predicted octanol–water partition coefficient (Wildman–Crippen LogP) is 1.56. The third-order valence-corrected chi connectivity index (χ3v) is 5.91. The molecule has 0 bridgehead atoms. The van der Waals surface area contributed by atoms with Crippen LogP contribution in [0.15, 0.2) is 22.8 Å². The lowest BCUT2D eigenvalue weighted by Gasteiger charge is -2.54. The van der Waals surface area contributed by atoms with Gasteiger partial charge in [0.25, 0.3) is 0 Å². The van der Waals surface area contributed by atoms with Crippen LogP contribution in [-0.4, -0.2) is 42.0 Å². The number of carbonyl (C=O) groups is 2. The summed E-state index contributed by atoms with van der Waals surface area (Å²) >= 11 is 0. The van der Waals surface area contributed by atoms with Gasteiger partial charge in [-0.1, -0.05) is 13.8 Å². The molecule has 3 heterocycles. The molecule has 4 rings (SSSR count). The monoisotopic (exact) mass is 332 g/mol. The number of amides is 2. The molecule has 24 heavy (non-hydrogen) atoms. The zero-order valence-electron chi connectivity index (χ0n) is 14.2. The van der Waals surface area contributed by atoms with E-state index in [2.05, 4.69) is 19.2 Å². The molecule has 0 aromatic carbocycles. The number of fused-ring (bicyclic) bond motifs is 1. The van der Waals surface area contributed by atoms with Crippen LogP contribution < -0.4 is 5.32 Å². The fraction of sp³-hybridized carbons (Fsp3) is 0.667. The Balaban J connectivity index is 1.36. The van der Waals surface area contributed by atoms with Gasteiger partial charge in [-0.2, -0.15) is 0 Å². The highest BCUT2D eigenvalue weighted by Crippen LogP contribution is 2.52. The second-order valence-corrected chi connectivity index (χ2v) is 7.81. The van der Waals surface area contributed by atoms with Crippen molar-refractivity contribution in [3.05, 3.63) is 24.2 Å². The van der Waals surface area contributed by atoms with Gasteiger partial charge in [0.2, 0.25) is 11.8 Å². The maximum atomic E-state index is 12.7. The number of ether oxygens (including phenoxy) is 1. The van der Waals surface area contributed by atoms with Crippen molar-refractivity contribution in [2.75, 3.05) is 13.2 Å². The molecule has 2 aliphatic heterocycles. The summed E-state index contributed by atoms with van der Waals surface area (Å²) in [4.78, 5) is 26.5. The smallest absolute Gasteiger partial charge is 0.225 e. The van der Waals surface area contributed by atoms with Crippen LogP contribution in [0.5, 0.6) is 0 Å². The van der Waals surface area contributed by atoms with Gasteiger partial charge in [-0.3, -0.25) is 9.59 Å². The first kappa shape index (κ1) is 15.7. The van der Waals surface area contributed by atoms with Crippen LogP contribution >= 0.6 is 0 Å². The van der Waals surface area contributed by atoms with Crippen molar-refractivity contribution in [1.29, 1.82) is 0 Å². The van der Waals surface area contributed by atoms with E-state index in [0.29, 0.717) is 19.0 Å². The lowest BCUT2D eigenvalue weighted by Crippen LogP contribution is -2.67. The van der Waals surface area contributed by atoms with Crippen LogP contribution in [0.2, 0.25) is 0 Å². The largest absolute Gasteiger partial charge is 0.467 e. The van der Waals surface area contributed by atoms with Crippen molar-refractivity contribution >= 4 is 11.8 Å². The minimum atomic E-state index is -0.273. The van der Waals surface area contributed by atoms with Crippen LogP contribution in [0.4, 0.5) is 0 Å². The van der Waals surface area contributed by atoms with Gasteiger partial charge in [0, 0.05) is 36.9 Å². The Morgan fingerprint density at radius 3 is 3.04 bits per heavy atom. The number of likely N-dealkylation sites (tertiary alicyclic amines) is 1. The van der Waals surface area contributed by atoms with Gasteiger partial charge in [0.15, 0.2) is 0 Å². The molecule has 1 aliphatic carbocycles. The van der Waals surface area contributed by atoms with E-state index < -0.39 is 0 Å². The van der Waals surface area contributed by atoms with Gasteiger partial charge in [0.1, 0.15) is 5.76 Å². The fourth-order valence-corrected chi connectivity index (χ4v) is 4.58. The predicted molar refractivity (Wildman–Crippen MR) is 85.8 cm³/mol. The minimum Gasteiger partial charge on any atom is -0.467 e. The second kappa shape index (κ2) is 5.62. The maximum Gasteiger partial charge on any atom is 0.225 e. The Bertz CT molecular complexity index is 639. The molecule has 1 saturated carbocycles. The molecule has 6 nitrogen and oxygen atoms in total. The summed E-state index contributed by atoms with van der Waals surface area (Å²) in [6, 6.07) is 3.79. The van der Waals surface area contributed by atoms with Gasteiger partial charge >= 0.3 is 0 Å². The Kier molecular flexibility index (Phi) is 3.67. The Morgan fingerprint density at radius 1 is 1.46 bits per heavy atom. The van der Waals surface area contributed by atoms with Crippen molar-refractivity contribution in [3.8, 4) is 0 Å². The molecule has 2 amide bonds. The molecular formula is C18H24N2O4. The molecule has 3 fully saturated rings. The van der Waals surface area contributed by atoms with Gasteiger partial charge in [-0.25, -0.2) is 0 Å². The van der Waals surface area contributed by atoms with Crippen molar-refractivity contribution in [2.45, 2.75) is 45.4 Å². The number of nitrogens with zero attached hydrogens (tertiary/aromatic N) is 1. The van der Waals surface area contributed by atoms with Crippen LogP contribution in [0, 0.1) is 17.3 Å². The first-order valence-corrected chi connectivity index (χ1v) is 8.69. The van der Waals surface area contributed by atoms with Crippen LogP contribution in [0.3, 0.4) is 0 Å². The number of hydrogen-bond donors (Lipinski definition) is 1. The fourth-order valence-electron chi connectivity index (χ4n) is 4.58. The van der Waals surface area contributed by atoms with Gasteiger partial charge in [0.05, 0.1) is 24.8 Å². The van der Waals surface area contributed by atoms with Crippen LogP contribution in [-0.2, 0) is 20.9 Å². The summed E-state index contributed by atoms with van der Waals surface area (Å²) in [5.41, 5.74) is -0.0344. The average molecular weight is 332 g/mol. The van der Waals surface area contributed by atoms with E-state index in [1.165, 1.54) is 0 Å². The molecule has 1 aromatic heterocycles. The number of rotatable bonds is 4. The zero-order chi connectivity index (χ0) is 16.9. The minimum absolute atomic E-state index is 0.00581. The van der Waals surface area contributed by atoms with E-state index in [-0.39, 0.29) is 41.7 Å². The van der Waals surface area contributed by atoms with Crippen molar-refractivity contribution in [3.63, 3.8) is 0 Å². The highest BCUT2D eigenvalue weighted by atomic mass is 16.5. The summed E-state index contributed by atoms with van der Waals surface area (Å²) in [5, 5.41) is 3.20. The highest BCUT2D eigenvalue weighted by molar-refractivity contribution is 5.89. The molecule has 0 unspecified atom stereocenters. The summed E-state index contributed by atoms with van der Waals surface area (Å²) in [6.07, 6.45) is 3.14. The van der Waals surface area contributed by atoms with Gasteiger partial charge in [-0.15, -0.1) is 0 Å². The summed E-state index contributed by atoms with van der Waals surface area (Å²) in [7, 11) is 0. The molecule has 3 aliphatic rings. The molecule has 130 valence electrons. The number of carbonyl (C=O) groups excluding carboxylic acids is 2. The first-order chi connectivity index (χ1) is 11.5. The number of furan rings is 1. The standard InChI is InChI=1S/C18H24N2O4/c1-18(2)15(13-5-7-24-16(13)18)19-17(22)11-8-14(21)20(9-11)10-12-4-3-6-23-12/h3-4,6,11,13,15-16H,5,7-10H2,1-2H3,(H,19,22)/t11-,13-,15-,16+/m1/s1. The quantitative estimate of drug-likeness (QED) is 0.908. The van der Waals surface area contributed by atoms with E-state index >= 15 is 0 Å². The molecule has 6 heteroatoms. The summed E-state index contributed by atoms with van der Waals surface area (Å²) in [6.45, 7) is 5.97. The second-order valence-electron chi connectivity index (χ2n) is 7.81. The summed E-state index contributed by atoms with van der Waals surface area (Å²) < 4.78 is 11.1. The molecule has 1 N–H and O–H groups in total. The lowest BCUT2D eigenvalue weighted by molar-refractivity contribution is -0.141. The normalized spacial score (nSPS) is 34.1. The van der Waals surface area contributed by atoms with E-state index in [1.807, 2.05) is 6.07 Å².